The van der Waals surface area contributed by atoms with Crippen molar-refractivity contribution in [2.24, 2.45) is 7.05 Å². The maximum atomic E-state index is 13.4. The largest absolute Gasteiger partial charge is 0.416 e. The van der Waals surface area contributed by atoms with Crippen LogP contribution in [0, 0.1) is 0 Å². The average Bonchev–Trinajstić information content (AvgIpc) is 2.77. The zero-order chi connectivity index (χ0) is 23.0. The number of nitrogens with zero attached hydrogens (tertiary/aromatic N) is 1. The molecule has 0 radical (unpaired) electrons. The fraction of sp³-hybridized carbons (Fsp3) is 0.0833. The van der Waals surface area contributed by atoms with Crippen molar-refractivity contribution in [1.29, 1.82) is 0 Å². The van der Waals surface area contributed by atoms with E-state index in [-0.39, 0.29) is 22.5 Å². The van der Waals surface area contributed by atoms with E-state index in [1.807, 2.05) is 0 Å². The number of hydrogen-bond acceptors (Lipinski definition) is 2. The molecule has 8 heteroatoms. The summed E-state index contributed by atoms with van der Waals surface area (Å²) in [4.78, 5) is 26.2. The Bertz CT molecular complexity index is 1390. The topological polar surface area (TPSA) is 51.1 Å². The Morgan fingerprint density at radius 1 is 0.969 bits per heavy atom. The van der Waals surface area contributed by atoms with Gasteiger partial charge in [-0.1, -0.05) is 35.9 Å². The monoisotopic (exact) mass is 456 g/mol. The van der Waals surface area contributed by atoms with Gasteiger partial charge in [0.05, 0.1) is 16.6 Å². The van der Waals surface area contributed by atoms with Gasteiger partial charge >= 0.3 is 6.18 Å². The molecule has 0 bridgehead atoms. The lowest BCUT2D eigenvalue weighted by atomic mass is 10.00. The summed E-state index contributed by atoms with van der Waals surface area (Å²) in [6.45, 7) is 0. The minimum Gasteiger partial charge on any atom is -0.330 e. The molecule has 0 saturated carbocycles. The first kappa shape index (κ1) is 21.6. The van der Waals surface area contributed by atoms with Gasteiger partial charge in [0.25, 0.3) is 5.91 Å². The summed E-state index contributed by atoms with van der Waals surface area (Å²) >= 11 is 5.88. The summed E-state index contributed by atoms with van der Waals surface area (Å²) in [6.07, 6.45) is -4.58. The van der Waals surface area contributed by atoms with Crippen molar-refractivity contribution >= 4 is 34.2 Å². The maximum absolute atomic E-state index is 13.4. The van der Waals surface area contributed by atoms with Crippen molar-refractivity contribution in [3.05, 3.63) is 99.2 Å². The molecule has 3 aromatic carbocycles. The number of nitrogens with one attached hydrogen (secondary N) is 1. The predicted molar refractivity (Wildman–Crippen MR) is 119 cm³/mol. The zero-order valence-corrected chi connectivity index (χ0v) is 17.5. The van der Waals surface area contributed by atoms with E-state index < -0.39 is 23.1 Å². The van der Waals surface area contributed by atoms with Gasteiger partial charge in [0.2, 0.25) is 0 Å². The Hall–Kier alpha value is -3.58. The summed E-state index contributed by atoms with van der Waals surface area (Å²) in [5.41, 5.74) is -0.536. The number of carbonyl (C=O) groups excluding carboxylic acids is 1. The van der Waals surface area contributed by atoms with Crippen LogP contribution in [0.25, 0.3) is 22.0 Å². The average molecular weight is 457 g/mol. The van der Waals surface area contributed by atoms with Crippen LogP contribution in [-0.2, 0) is 13.2 Å². The van der Waals surface area contributed by atoms with Crippen LogP contribution in [0.15, 0.2) is 77.6 Å². The van der Waals surface area contributed by atoms with Crippen LogP contribution in [0.3, 0.4) is 0 Å². The number of amides is 1. The number of rotatable bonds is 3. The maximum Gasteiger partial charge on any atom is 0.416 e. The Kier molecular flexibility index (Phi) is 5.52. The molecule has 1 heterocycles. The molecule has 162 valence electrons. The van der Waals surface area contributed by atoms with Crippen LogP contribution in [-0.4, -0.2) is 10.5 Å². The molecule has 0 spiro atoms. The summed E-state index contributed by atoms with van der Waals surface area (Å²) < 4.78 is 41.5. The lowest BCUT2D eigenvalue weighted by molar-refractivity contribution is -0.137. The van der Waals surface area contributed by atoms with E-state index in [0.29, 0.717) is 15.9 Å². The molecule has 0 atom stereocenters. The fourth-order valence-corrected chi connectivity index (χ4v) is 3.66. The van der Waals surface area contributed by atoms with Crippen molar-refractivity contribution in [3.63, 3.8) is 0 Å². The molecule has 32 heavy (non-hydrogen) atoms. The van der Waals surface area contributed by atoms with Crippen molar-refractivity contribution in [3.8, 4) is 11.1 Å². The molecule has 4 aromatic rings. The van der Waals surface area contributed by atoms with E-state index in [4.69, 9.17) is 11.6 Å². The second-order valence-electron chi connectivity index (χ2n) is 7.17. The first-order chi connectivity index (χ1) is 15.2. The number of halogens is 4. The number of hydrogen-bond donors (Lipinski definition) is 1. The number of fused-ring (bicyclic) bond motifs is 1. The Morgan fingerprint density at radius 3 is 2.34 bits per heavy atom. The summed E-state index contributed by atoms with van der Waals surface area (Å²) in [6, 6.07) is 17.3. The van der Waals surface area contributed by atoms with Gasteiger partial charge in [0.15, 0.2) is 5.43 Å². The summed E-state index contributed by atoms with van der Waals surface area (Å²) in [5.74, 6) is -0.437. The van der Waals surface area contributed by atoms with Crippen molar-refractivity contribution in [2.45, 2.75) is 6.18 Å². The molecule has 0 saturated heterocycles. The molecular weight excluding hydrogens is 441 g/mol. The van der Waals surface area contributed by atoms with E-state index in [2.05, 4.69) is 5.32 Å². The minimum absolute atomic E-state index is 0.0281. The van der Waals surface area contributed by atoms with E-state index in [9.17, 15) is 22.8 Å². The number of para-hydroxylation sites is 1. The van der Waals surface area contributed by atoms with Crippen LogP contribution in [0.1, 0.15) is 15.9 Å². The zero-order valence-electron chi connectivity index (χ0n) is 16.7. The highest BCUT2D eigenvalue weighted by atomic mass is 35.5. The van der Waals surface area contributed by atoms with Crippen LogP contribution in [0.4, 0.5) is 19.0 Å². The highest BCUT2D eigenvalue weighted by Gasteiger charge is 2.31. The van der Waals surface area contributed by atoms with Gasteiger partial charge in [-0.2, -0.15) is 13.2 Å². The number of carbonyl (C=O) groups is 1. The van der Waals surface area contributed by atoms with Crippen molar-refractivity contribution < 1.29 is 18.0 Å². The Balaban J connectivity index is 1.95. The first-order valence-electron chi connectivity index (χ1n) is 9.53. The molecule has 0 aliphatic carbocycles. The van der Waals surface area contributed by atoms with Crippen molar-refractivity contribution in [1.82, 2.24) is 4.57 Å². The molecule has 0 aliphatic rings. The Labute approximate surface area is 185 Å². The predicted octanol–water partition coefficient (Wildman–Crippen LogP) is 6.13. The van der Waals surface area contributed by atoms with E-state index >= 15 is 0 Å². The third kappa shape index (κ3) is 3.99. The molecule has 1 amide bonds. The molecule has 1 aromatic heterocycles. The number of pyridine rings is 1. The van der Waals surface area contributed by atoms with E-state index in [0.717, 1.165) is 12.1 Å². The number of benzene rings is 3. The smallest absolute Gasteiger partial charge is 0.330 e. The third-order valence-corrected chi connectivity index (χ3v) is 5.38. The Morgan fingerprint density at radius 2 is 1.66 bits per heavy atom. The van der Waals surface area contributed by atoms with Gasteiger partial charge < -0.3 is 9.88 Å². The molecule has 1 N–H and O–H groups in total. The van der Waals surface area contributed by atoms with Gasteiger partial charge in [-0.3, -0.25) is 9.59 Å². The van der Waals surface area contributed by atoms with Crippen LogP contribution >= 0.6 is 11.6 Å². The SMILES string of the molecule is Cn1c(NC(=O)c2ccc(Cl)cc2)c(-c2cccc(C(F)(F)F)c2)c(=O)c2ccccc21. The molecule has 0 fully saturated rings. The van der Waals surface area contributed by atoms with E-state index in [1.165, 1.54) is 24.3 Å². The molecular formula is C24H16ClF3N2O2. The highest BCUT2D eigenvalue weighted by Crippen LogP contribution is 2.34. The first-order valence-corrected chi connectivity index (χ1v) is 9.91. The third-order valence-electron chi connectivity index (χ3n) is 5.13. The second-order valence-corrected chi connectivity index (χ2v) is 7.60. The lowest BCUT2D eigenvalue weighted by Crippen LogP contribution is -2.21. The van der Waals surface area contributed by atoms with Gasteiger partial charge in [-0.05, 0) is 54.1 Å². The van der Waals surface area contributed by atoms with Gasteiger partial charge in [0, 0.05) is 23.0 Å². The van der Waals surface area contributed by atoms with Crippen LogP contribution in [0.5, 0.6) is 0 Å². The van der Waals surface area contributed by atoms with Gasteiger partial charge in [0.1, 0.15) is 5.82 Å². The molecule has 4 rings (SSSR count). The summed E-state index contributed by atoms with van der Waals surface area (Å²) in [5, 5.41) is 3.48. The number of alkyl halides is 3. The number of anilines is 1. The number of aryl methyl sites for hydroxylation is 1. The normalized spacial score (nSPS) is 11.5. The standard InChI is InChI=1S/C24H16ClF3N2O2/c1-30-19-8-3-2-7-18(19)21(31)20(15-5-4-6-16(13-15)24(26,27)28)22(30)29-23(32)14-9-11-17(25)12-10-14/h2-13H,1H3,(H,29,32). The summed E-state index contributed by atoms with van der Waals surface area (Å²) in [7, 11) is 1.64. The second kappa shape index (κ2) is 8.16. The van der Waals surface area contributed by atoms with Crippen LogP contribution in [0.2, 0.25) is 5.02 Å². The molecule has 0 aliphatic heterocycles. The fourth-order valence-electron chi connectivity index (χ4n) is 3.53. The van der Waals surface area contributed by atoms with Crippen molar-refractivity contribution in [2.75, 3.05) is 5.32 Å². The number of aromatic nitrogens is 1. The molecule has 0 unspecified atom stereocenters. The van der Waals surface area contributed by atoms with Crippen LogP contribution < -0.4 is 10.7 Å². The quantitative estimate of drug-likeness (QED) is 0.403. The van der Waals surface area contributed by atoms with Gasteiger partial charge in [-0.15, -0.1) is 0 Å². The van der Waals surface area contributed by atoms with E-state index in [1.54, 1.807) is 48.0 Å². The lowest BCUT2D eigenvalue weighted by Gasteiger charge is -2.19. The highest BCUT2D eigenvalue weighted by molar-refractivity contribution is 6.30. The van der Waals surface area contributed by atoms with Gasteiger partial charge in [-0.25, -0.2) is 0 Å². The minimum atomic E-state index is -4.58. The molecule has 4 nitrogen and oxygen atoms in total.